The van der Waals surface area contributed by atoms with E-state index in [4.69, 9.17) is 4.74 Å². The quantitative estimate of drug-likeness (QED) is 0.151. The number of hydrogen-bond acceptors (Lipinski definition) is 13. The second-order valence-corrected chi connectivity index (χ2v) is 30.3. The standard InChI is InChI=1S/C75H100F10N12O13/c1-11-42(2)61-70(107)91(6)40-59(100)92(7)51-20-13-12-16-32-96(69(51)106)54(37-44-23-26-47(27-24-44)74(80,81)82)68(105)90(5)39-57(98)86-50(28-25-45-34-48(76)60(49(77)35-45)75(83,84)85)66(103)97-33-29-55(110-41-56(78)79)63(97)65(102)88-73(30-17-31-73)72(109)95(10)62(46-18-14-15-19-46)71(108)94(9)53(67(104)89(3)4)38-58(99)93(8)52(64(101)87-61)36-43-21-22-43/h12-13,23-24,26-27,34-35,42-43,46,50-56,61-63H,11,14-22,25,28-33,36-41H2,1-10H3,(H,86,98)(H,87,101)(H,88,102)/b13-12-/t42-,50+,51-,52-,53-,54-,55-,61-,62-,63-/m0/s1. The van der Waals surface area contributed by atoms with Gasteiger partial charge in [0.25, 0.3) is 6.43 Å². The number of nitrogens with one attached hydrogen (secondary N) is 3. The largest absolute Gasteiger partial charge is 0.422 e. The fraction of sp³-hybridized carbons (Fsp3) is 0.653. The highest BCUT2D eigenvalue weighted by Gasteiger charge is 2.55. The van der Waals surface area contributed by atoms with Crippen LogP contribution in [-0.2, 0) is 87.5 Å². The number of benzene rings is 2. The molecule has 1 spiro atoms. The molecule has 35 heteroatoms. The first kappa shape index (κ1) is 86.7. The number of likely N-dealkylation sites (N-methyl/N-ethyl adjacent to an activating group) is 7. The molecule has 3 aliphatic heterocycles. The molecule has 3 aliphatic carbocycles. The molecular weight excluding hydrogens is 1470 g/mol. The van der Waals surface area contributed by atoms with Crippen molar-refractivity contribution in [2.75, 3.05) is 89.2 Å². The lowest BCUT2D eigenvalue weighted by Crippen LogP contribution is -2.69. The zero-order valence-corrected chi connectivity index (χ0v) is 63.5. The third-order valence-electron chi connectivity index (χ3n) is 22.4. The van der Waals surface area contributed by atoms with E-state index in [1.165, 1.54) is 49.3 Å². The molecule has 2 aromatic rings. The molecule has 8 rings (SSSR count). The van der Waals surface area contributed by atoms with Gasteiger partial charge >= 0.3 is 12.4 Å². The molecule has 25 nitrogen and oxygen atoms in total. The first-order chi connectivity index (χ1) is 51.6. The van der Waals surface area contributed by atoms with Crippen LogP contribution in [0.3, 0.4) is 0 Å². The SMILES string of the molecule is CC[C@H](C)[C@@H]1NC(=O)[C@H](CC2CC2)N(C)C(=O)C[C@@H](C(=O)N(C)C)N(C)C(=O)[C@H](C2CCCC2)N(C)C(=O)C2(CCC2)NC(=O)[C@@H]2[C@@H](OCC(F)F)CCN2C(=O)[C@@H](CCc2cc(F)c(C(F)(F)F)c(F)c2)NC(=O)CN(C)C(=O)[C@H](Cc2ccc(C(F)(F)F)cc2)N2CC/C=C\C[C@@H](C2=O)N(C)C(=O)CN(C)C1=O. The molecule has 6 aliphatic rings. The van der Waals surface area contributed by atoms with Crippen molar-refractivity contribution >= 4 is 70.9 Å². The van der Waals surface area contributed by atoms with Crippen molar-refractivity contribution in [1.29, 1.82) is 0 Å². The predicted octanol–water partition coefficient (Wildman–Crippen LogP) is 5.74. The number of hydrogen-bond donors (Lipinski definition) is 3. The van der Waals surface area contributed by atoms with Crippen LogP contribution in [0.4, 0.5) is 43.9 Å². The van der Waals surface area contributed by atoms with Gasteiger partial charge in [-0.25, -0.2) is 17.6 Å². The monoisotopic (exact) mass is 1570 g/mol. The van der Waals surface area contributed by atoms with Crippen molar-refractivity contribution < 1.29 is 106 Å². The summed E-state index contributed by atoms with van der Waals surface area (Å²) in [6.45, 7) is -0.396. The molecule has 3 N–H and O–H groups in total. The van der Waals surface area contributed by atoms with Crippen LogP contribution in [0.1, 0.15) is 139 Å². The third-order valence-corrected chi connectivity index (χ3v) is 22.4. The third kappa shape index (κ3) is 20.6. The Morgan fingerprint density at radius 2 is 1.28 bits per heavy atom. The average Bonchev–Trinajstić information content (AvgIpc) is 1.12. The molecular formula is C75H100F10N12O13. The van der Waals surface area contributed by atoms with Gasteiger partial charge < -0.3 is 64.8 Å². The zero-order chi connectivity index (χ0) is 81.3. The van der Waals surface area contributed by atoms with Crippen molar-refractivity contribution in [2.45, 2.75) is 208 Å². The van der Waals surface area contributed by atoms with Gasteiger partial charge in [0.2, 0.25) is 70.9 Å². The molecule has 608 valence electrons. The second kappa shape index (κ2) is 36.5. The lowest BCUT2D eigenvalue weighted by Gasteiger charge is -2.47. The van der Waals surface area contributed by atoms with Crippen molar-refractivity contribution in [2.24, 2.45) is 17.8 Å². The Morgan fingerprint density at radius 1 is 0.655 bits per heavy atom. The number of rotatable bonds is 14. The number of aryl methyl sites for hydroxylation is 1. The van der Waals surface area contributed by atoms with Crippen LogP contribution < -0.4 is 16.0 Å². The topological polar surface area (TPSA) is 279 Å². The maximum absolute atomic E-state index is 15.5. The number of carbonyl (C=O) groups is 12. The summed E-state index contributed by atoms with van der Waals surface area (Å²) >= 11 is 0. The Hall–Kier alpha value is -8.92. The van der Waals surface area contributed by atoms with Crippen molar-refractivity contribution in [3.8, 4) is 0 Å². The Bertz CT molecular complexity index is 3740. The number of halogens is 10. The first-order valence-corrected chi connectivity index (χ1v) is 37.2. The van der Waals surface area contributed by atoms with Gasteiger partial charge in [-0.05, 0) is 124 Å². The van der Waals surface area contributed by atoms with E-state index in [2.05, 4.69) is 16.0 Å². The average molecular weight is 1570 g/mol. The summed E-state index contributed by atoms with van der Waals surface area (Å²) in [5.41, 5.74) is -5.62. The van der Waals surface area contributed by atoms with Gasteiger partial charge in [-0.3, -0.25) is 57.5 Å². The summed E-state index contributed by atoms with van der Waals surface area (Å²) in [5, 5.41) is 8.02. The van der Waals surface area contributed by atoms with E-state index in [-0.39, 0.29) is 63.0 Å². The van der Waals surface area contributed by atoms with E-state index in [0.717, 1.165) is 75.4 Å². The molecule has 3 heterocycles. The highest BCUT2D eigenvalue weighted by Crippen LogP contribution is 2.41. The minimum Gasteiger partial charge on any atom is -0.370 e. The fourth-order valence-electron chi connectivity index (χ4n) is 15.3. The summed E-state index contributed by atoms with van der Waals surface area (Å²) < 4.78 is 148. The summed E-state index contributed by atoms with van der Waals surface area (Å²) in [7, 11) is 10.4. The van der Waals surface area contributed by atoms with Crippen LogP contribution in [-0.4, -0.2) is 271 Å². The molecule has 10 atom stereocenters. The van der Waals surface area contributed by atoms with Gasteiger partial charge in [-0.2, -0.15) is 26.3 Å². The van der Waals surface area contributed by atoms with Gasteiger partial charge in [0.05, 0.1) is 31.2 Å². The predicted molar refractivity (Wildman–Crippen MR) is 377 cm³/mol. The van der Waals surface area contributed by atoms with E-state index >= 15 is 37.5 Å². The first-order valence-electron chi connectivity index (χ1n) is 37.2. The van der Waals surface area contributed by atoms with Gasteiger partial charge in [0.15, 0.2) is 0 Å². The normalized spacial score (nSPS) is 26.5. The van der Waals surface area contributed by atoms with Crippen molar-refractivity contribution in [3.05, 3.63) is 82.4 Å². The fourth-order valence-corrected chi connectivity index (χ4v) is 15.3. The summed E-state index contributed by atoms with van der Waals surface area (Å²) in [6.07, 6.45) is -11.0. The highest BCUT2D eigenvalue weighted by atomic mass is 19.4. The Kier molecular flexibility index (Phi) is 28.8. The van der Waals surface area contributed by atoms with E-state index in [0.29, 0.717) is 57.1 Å². The van der Waals surface area contributed by atoms with Crippen LogP contribution in [0.2, 0.25) is 0 Å². The molecule has 110 heavy (non-hydrogen) atoms. The number of alkyl halides is 8. The summed E-state index contributed by atoms with van der Waals surface area (Å²) in [5.74, 6) is -16.3. The number of nitrogens with zero attached hydrogens (tertiary/aromatic N) is 9. The molecule has 2 bridgehead atoms. The minimum atomic E-state index is -5.51. The number of carbonyl (C=O) groups excluding carboxylic acids is 12. The number of ether oxygens (including phenoxy) is 1. The second-order valence-electron chi connectivity index (χ2n) is 30.3. The lowest BCUT2D eigenvalue weighted by molar-refractivity contribution is -0.158. The lowest BCUT2D eigenvalue weighted by atomic mass is 9.74. The molecule has 5 fully saturated rings. The molecule has 2 saturated heterocycles. The van der Waals surface area contributed by atoms with Gasteiger partial charge in [-0.15, -0.1) is 0 Å². The van der Waals surface area contributed by atoms with E-state index in [1.807, 2.05) is 0 Å². The number of amides is 12. The van der Waals surface area contributed by atoms with E-state index in [9.17, 15) is 63.9 Å². The van der Waals surface area contributed by atoms with Gasteiger partial charge in [0, 0.05) is 75.9 Å². The van der Waals surface area contributed by atoms with Crippen LogP contribution in [0.15, 0.2) is 48.6 Å². The Labute approximate surface area is 632 Å². The van der Waals surface area contributed by atoms with Crippen molar-refractivity contribution in [3.63, 3.8) is 0 Å². The smallest absolute Gasteiger partial charge is 0.370 e. The molecule has 3 saturated carbocycles. The summed E-state index contributed by atoms with van der Waals surface area (Å²) in [4.78, 5) is 190. The molecule has 0 radical (unpaired) electrons. The minimum absolute atomic E-state index is 0.0353. The highest BCUT2D eigenvalue weighted by molar-refractivity contribution is 6.01. The Balaban J connectivity index is 1.23. The number of fused-ring (bicyclic) bond motifs is 3. The molecule has 0 unspecified atom stereocenters. The van der Waals surface area contributed by atoms with E-state index < -0.39 is 242 Å². The van der Waals surface area contributed by atoms with Crippen LogP contribution in [0.25, 0.3) is 0 Å². The van der Waals surface area contributed by atoms with Crippen LogP contribution >= 0.6 is 0 Å². The van der Waals surface area contributed by atoms with Crippen LogP contribution in [0.5, 0.6) is 0 Å². The van der Waals surface area contributed by atoms with Crippen LogP contribution in [0, 0.1) is 29.4 Å². The van der Waals surface area contributed by atoms with Gasteiger partial charge in [-0.1, -0.05) is 70.2 Å². The zero-order valence-electron chi connectivity index (χ0n) is 63.5. The van der Waals surface area contributed by atoms with E-state index in [1.54, 1.807) is 26.0 Å². The van der Waals surface area contributed by atoms with Crippen molar-refractivity contribution in [1.82, 2.24) is 60.0 Å². The maximum Gasteiger partial charge on any atom is 0.422 e. The maximum atomic E-state index is 15.5. The Morgan fingerprint density at radius 3 is 1.85 bits per heavy atom. The van der Waals surface area contributed by atoms with Gasteiger partial charge in [0.1, 0.15) is 77.7 Å². The molecule has 2 aromatic carbocycles. The molecule has 0 aromatic heterocycles. The summed E-state index contributed by atoms with van der Waals surface area (Å²) in [6, 6.07) is -8.35. The molecule has 12 amide bonds.